The molecule has 1 aliphatic heterocycles. The lowest BCUT2D eigenvalue weighted by molar-refractivity contribution is 0.305. The molecule has 5 nitrogen and oxygen atoms in total. The van der Waals surface area contributed by atoms with Crippen molar-refractivity contribution in [3.8, 4) is 11.4 Å². The molecule has 2 aromatic heterocycles. The van der Waals surface area contributed by atoms with E-state index in [0.29, 0.717) is 6.04 Å². The van der Waals surface area contributed by atoms with Crippen LogP contribution >= 0.6 is 11.8 Å². The van der Waals surface area contributed by atoms with Crippen molar-refractivity contribution in [3.63, 3.8) is 0 Å². The fourth-order valence-electron chi connectivity index (χ4n) is 3.37. The summed E-state index contributed by atoms with van der Waals surface area (Å²) in [4.78, 5) is 6.60. The van der Waals surface area contributed by atoms with Crippen LogP contribution in [0.3, 0.4) is 0 Å². The lowest BCUT2D eigenvalue weighted by Crippen LogP contribution is -2.25. The summed E-state index contributed by atoms with van der Waals surface area (Å²) >= 11 is 1.87. The number of hydrogen-bond donors (Lipinski definition) is 0. The molecule has 1 saturated heterocycles. The second-order valence-electron chi connectivity index (χ2n) is 6.56. The van der Waals surface area contributed by atoms with Crippen molar-refractivity contribution in [3.05, 3.63) is 24.5 Å². The Morgan fingerprint density at radius 1 is 1.17 bits per heavy atom. The highest BCUT2D eigenvalue weighted by Gasteiger charge is 2.30. The van der Waals surface area contributed by atoms with Crippen LogP contribution in [0.15, 0.2) is 29.7 Å². The number of thioether (sulfide) groups is 1. The standard InChI is InChI=1S/C17H23N5S/c1-21-11-2-3-14(21)8-12-23-17-20-19-16(22(17)15-4-5-15)13-6-9-18-10-7-13/h6-7,9-10,14-15H,2-5,8,11-12H2,1H3. The summed E-state index contributed by atoms with van der Waals surface area (Å²) in [6, 6.07) is 5.37. The van der Waals surface area contributed by atoms with E-state index in [1.165, 1.54) is 38.6 Å². The van der Waals surface area contributed by atoms with Crippen molar-refractivity contribution in [2.75, 3.05) is 19.3 Å². The molecule has 1 atom stereocenters. The summed E-state index contributed by atoms with van der Waals surface area (Å²) < 4.78 is 2.35. The van der Waals surface area contributed by atoms with Crippen LogP contribution in [0.1, 0.15) is 38.1 Å². The minimum atomic E-state index is 0.588. The fraction of sp³-hybridized carbons (Fsp3) is 0.588. The van der Waals surface area contributed by atoms with Crippen LogP contribution in [0.25, 0.3) is 11.4 Å². The maximum atomic E-state index is 4.48. The molecular formula is C17H23N5S. The zero-order chi connectivity index (χ0) is 15.6. The summed E-state index contributed by atoms with van der Waals surface area (Å²) in [5, 5.41) is 10.0. The fourth-order valence-corrected chi connectivity index (χ4v) is 4.41. The second-order valence-corrected chi connectivity index (χ2v) is 7.62. The lowest BCUT2D eigenvalue weighted by atomic mass is 10.2. The Bertz CT molecular complexity index is 652. The lowest BCUT2D eigenvalue weighted by Gasteiger charge is -2.18. The van der Waals surface area contributed by atoms with Crippen LogP contribution in [0, 0.1) is 0 Å². The molecule has 0 radical (unpaired) electrons. The van der Waals surface area contributed by atoms with Gasteiger partial charge in [-0.3, -0.25) is 9.55 Å². The predicted molar refractivity (Wildman–Crippen MR) is 92.5 cm³/mol. The molecule has 2 aliphatic rings. The van der Waals surface area contributed by atoms with Crippen LogP contribution in [-0.2, 0) is 0 Å². The quantitative estimate of drug-likeness (QED) is 0.761. The van der Waals surface area contributed by atoms with Gasteiger partial charge in [0.1, 0.15) is 0 Å². The maximum absolute atomic E-state index is 4.48. The van der Waals surface area contributed by atoms with E-state index in [9.17, 15) is 0 Å². The van der Waals surface area contributed by atoms with E-state index < -0.39 is 0 Å². The maximum Gasteiger partial charge on any atom is 0.191 e. The Balaban J connectivity index is 1.47. The van der Waals surface area contributed by atoms with Crippen LogP contribution in [0.5, 0.6) is 0 Å². The topological polar surface area (TPSA) is 46.8 Å². The Morgan fingerprint density at radius 2 is 2.00 bits per heavy atom. The van der Waals surface area contributed by atoms with E-state index in [4.69, 9.17) is 0 Å². The van der Waals surface area contributed by atoms with E-state index in [1.807, 2.05) is 36.3 Å². The summed E-state index contributed by atoms with van der Waals surface area (Å²) in [5.74, 6) is 2.12. The van der Waals surface area contributed by atoms with Gasteiger partial charge < -0.3 is 4.90 Å². The molecule has 1 aliphatic carbocycles. The van der Waals surface area contributed by atoms with Gasteiger partial charge >= 0.3 is 0 Å². The number of likely N-dealkylation sites (tertiary alicyclic amines) is 1. The molecule has 3 heterocycles. The minimum absolute atomic E-state index is 0.588. The van der Waals surface area contributed by atoms with Crippen LogP contribution in [0.2, 0.25) is 0 Å². The average Bonchev–Trinajstić information content (AvgIpc) is 3.21. The van der Waals surface area contributed by atoms with Gasteiger partial charge in [0, 0.05) is 35.8 Å². The molecule has 122 valence electrons. The monoisotopic (exact) mass is 329 g/mol. The van der Waals surface area contributed by atoms with E-state index in [0.717, 1.165) is 28.3 Å². The van der Waals surface area contributed by atoms with Crippen LogP contribution in [-0.4, -0.2) is 50.0 Å². The third-order valence-electron chi connectivity index (χ3n) is 4.87. The number of nitrogens with zero attached hydrogens (tertiary/aromatic N) is 5. The van der Waals surface area contributed by atoms with Gasteiger partial charge in [0.25, 0.3) is 0 Å². The zero-order valence-electron chi connectivity index (χ0n) is 13.6. The largest absolute Gasteiger partial charge is 0.303 e. The summed E-state index contributed by atoms with van der Waals surface area (Å²) in [7, 11) is 2.25. The molecule has 23 heavy (non-hydrogen) atoms. The van der Waals surface area contributed by atoms with Gasteiger partial charge in [-0.15, -0.1) is 10.2 Å². The molecule has 1 saturated carbocycles. The molecule has 2 aromatic rings. The average molecular weight is 329 g/mol. The summed E-state index contributed by atoms with van der Waals surface area (Å²) in [6.45, 7) is 1.25. The smallest absolute Gasteiger partial charge is 0.191 e. The number of hydrogen-bond acceptors (Lipinski definition) is 5. The minimum Gasteiger partial charge on any atom is -0.303 e. The molecule has 0 spiro atoms. The molecule has 0 amide bonds. The molecular weight excluding hydrogens is 306 g/mol. The van der Waals surface area contributed by atoms with Crippen molar-refractivity contribution in [1.29, 1.82) is 0 Å². The highest BCUT2D eigenvalue weighted by molar-refractivity contribution is 7.99. The zero-order valence-corrected chi connectivity index (χ0v) is 14.4. The van der Waals surface area contributed by atoms with Gasteiger partial charge in [-0.1, -0.05) is 11.8 Å². The normalized spacial score (nSPS) is 21.9. The Hall–Kier alpha value is -1.40. The van der Waals surface area contributed by atoms with Crippen LogP contribution < -0.4 is 0 Å². The van der Waals surface area contributed by atoms with E-state index in [-0.39, 0.29) is 0 Å². The summed E-state index contributed by atoms with van der Waals surface area (Å²) in [6.07, 6.45) is 10.1. The van der Waals surface area contributed by atoms with Gasteiger partial charge in [-0.05, 0) is 57.8 Å². The van der Waals surface area contributed by atoms with Gasteiger partial charge in [-0.25, -0.2) is 0 Å². The third-order valence-corrected chi connectivity index (χ3v) is 5.85. The Labute approximate surface area is 141 Å². The van der Waals surface area contributed by atoms with Crippen molar-refractivity contribution < 1.29 is 0 Å². The Kier molecular flexibility index (Phi) is 4.35. The first-order valence-electron chi connectivity index (χ1n) is 8.51. The van der Waals surface area contributed by atoms with Crippen LogP contribution in [0.4, 0.5) is 0 Å². The van der Waals surface area contributed by atoms with Gasteiger partial charge in [0.2, 0.25) is 0 Å². The van der Waals surface area contributed by atoms with E-state index >= 15 is 0 Å². The predicted octanol–water partition coefficient (Wildman–Crippen LogP) is 3.25. The first kappa shape index (κ1) is 15.1. The van der Waals surface area contributed by atoms with Crippen molar-refractivity contribution in [2.24, 2.45) is 0 Å². The van der Waals surface area contributed by atoms with E-state index in [1.54, 1.807) is 0 Å². The summed E-state index contributed by atoms with van der Waals surface area (Å²) in [5.41, 5.74) is 1.11. The molecule has 2 fully saturated rings. The van der Waals surface area contributed by atoms with Crippen molar-refractivity contribution in [2.45, 2.75) is 49.3 Å². The molecule has 0 N–H and O–H groups in total. The second kappa shape index (κ2) is 6.61. The third kappa shape index (κ3) is 3.28. The van der Waals surface area contributed by atoms with Crippen molar-refractivity contribution >= 4 is 11.8 Å². The molecule has 0 bridgehead atoms. The highest BCUT2D eigenvalue weighted by Crippen LogP contribution is 2.41. The number of rotatable bonds is 6. The first-order chi connectivity index (χ1) is 11.3. The molecule has 6 heteroatoms. The SMILES string of the molecule is CN1CCCC1CCSc1nnc(-c2ccncc2)n1C1CC1. The van der Waals surface area contributed by atoms with Crippen molar-refractivity contribution in [1.82, 2.24) is 24.6 Å². The Morgan fingerprint density at radius 3 is 2.70 bits per heavy atom. The number of aromatic nitrogens is 4. The van der Waals surface area contributed by atoms with E-state index in [2.05, 4.69) is 31.7 Å². The molecule has 4 rings (SSSR count). The first-order valence-corrected chi connectivity index (χ1v) is 9.50. The van der Waals surface area contributed by atoms with Gasteiger partial charge in [-0.2, -0.15) is 0 Å². The molecule has 1 unspecified atom stereocenters. The highest BCUT2D eigenvalue weighted by atomic mass is 32.2. The number of pyridine rings is 1. The van der Waals surface area contributed by atoms with Gasteiger partial charge in [0.05, 0.1) is 0 Å². The van der Waals surface area contributed by atoms with Gasteiger partial charge in [0.15, 0.2) is 11.0 Å². The molecule has 0 aromatic carbocycles.